The number of carbonyl (C=O) groups is 1. The summed E-state index contributed by atoms with van der Waals surface area (Å²) in [5.74, 6) is -0.305. The second kappa shape index (κ2) is 6.86. The van der Waals surface area contributed by atoms with Gasteiger partial charge in [0, 0.05) is 19.8 Å². The predicted octanol–water partition coefficient (Wildman–Crippen LogP) is 1.54. The monoisotopic (exact) mass is 273 g/mol. The summed E-state index contributed by atoms with van der Waals surface area (Å²) in [7, 11) is 3.30. The molecule has 2 aromatic rings. The van der Waals surface area contributed by atoms with Gasteiger partial charge in [-0.05, 0) is 36.2 Å². The molecule has 0 saturated heterocycles. The highest BCUT2D eigenvalue weighted by atomic mass is 16.5. The minimum Gasteiger partial charge on any atom is -0.465 e. The number of hydrogen-bond acceptors (Lipinski definition) is 4. The lowest BCUT2D eigenvalue weighted by molar-refractivity contribution is 0.0600. The molecule has 0 aliphatic carbocycles. The van der Waals surface area contributed by atoms with Crippen molar-refractivity contribution in [2.24, 2.45) is 7.05 Å². The number of rotatable bonds is 6. The fourth-order valence-electron chi connectivity index (χ4n) is 1.94. The molecule has 5 nitrogen and oxygen atoms in total. The zero-order chi connectivity index (χ0) is 14.4. The van der Waals surface area contributed by atoms with Crippen molar-refractivity contribution in [3.63, 3.8) is 0 Å². The zero-order valence-corrected chi connectivity index (χ0v) is 11.8. The van der Waals surface area contributed by atoms with Crippen LogP contribution >= 0.6 is 0 Å². The van der Waals surface area contributed by atoms with E-state index in [0.717, 1.165) is 25.1 Å². The lowest BCUT2D eigenvalue weighted by Gasteiger charge is -2.05. The number of aromatic nitrogens is 2. The van der Waals surface area contributed by atoms with E-state index in [9.17, 15) is 4.79 Å². The lowest BCUT2D eigenvalue weighted by atomic mass is 10.1. The summed E-state index contributed by atoms with van der Waals surface area (Å²) in [6.45, 7) is 1.67. The van der Waals surface area contributed by atoms with E-state index in [4.69, 9.17) is 0 Å². The van der Waals surface area contributed by atoms with Gasteiger partial charge in [0.15, 0.2) is 0 Å². The first-order chi connectivity index (χ1) is 9.69. The molecule has 5 heteroatoms. The molecule has 0 atom stereocenters. The van der Waals surface area contributed by atoms with Crippen molar-refractivity contribution in [2.75, 3.05) is 13.7 Å². The van der Waals surface area contributed by atoms with E-state index in [1.54, 1.807) is 16.8 Å². The maximum absolute atomic E-state index is 11.3. The van der Waals surface area contributed by atoms with Crippen LogP contribution in [0.5, 0.6) is 0 Å². The summed E-state index contributed by atoms with van der Waals surface area (Å²) in [4.78, 5) is 11.3. The molecule has 0 spiro atoms. The molecule has 1 heterocycles. The number of carbonyl (C=O) groups excluding carboxylic acids is 1. The average molecular weight is 273 g/mol. The van der Waals surface area contributed by atoms with Gasteiger partial charge in [-0.2, -0.15) is 5.10 Å². The van der Waals surface area contributed by atoms with Crippen LogP contribution in [0.25, 0.3) is 0 Å². The molecule has 0 aliphatic heterocycles. The quantitative estimate of drug-likeness (QED) is 0.641. The summed E-state index contributed by atoms with van der Waals surface area (Å²) >= 11 is 0. The highest BCUT2D eigenvalue weighted by molar-refractivity contribution is 5.89. The van der Waals surface area contributed by atoms with Gasteiger partial charge in [-0.1, -0.05) is 12.1 Å². The van der Waals surface area contributed by atoms with Gasteiger partial charge in [0.05, 0.1) is 18.9 Å². The van der Waals surface area contributed by atoms with Crippen molar-refractivity contribution in [1.82, 2.24) is 15.1 Å². The van der Waals surface area contributed by atoms with Crippen LogP contribution in [0.4, 0.5) is 0 Å². The van der Waals surface area contributed by atoms with Crippen LogP contribution in [-0.2, 0) is 24.8 Å². The topological polar surface area (TPSA) is 56.1 Å². The molecule has 0 amide bonds. The molecule has 20 heavy (non-hydrogen) atoms. The third-order valence-electron chi connectivity index (χ3n) is 3.05. The highest BCUT2D eigenvalue weighted by Crippen LogP contribution is 2.05. The van der Waals surface area contributed by atoms with Crippen LogP contribution in [0.1, 0.15) is 21.5 Å². The summed E-state index contributed by atoms with van der Waals surface area (Å²) in [5, 5.41) is 7.50. The number of nitrogens with zero attached hydrogens (tertiary/aromatic N) is 2. The van der Waals surface area contributed by atoms with E-state index in [1.165, 1.54) is 12.7 Å². The summed E-state index contributed by atoms with van der Waals surface area (Å²) in [6.07, 6.45) is 4.85. The Labute approximate surface area is 118 Å². The molecule has 0 radical (unpaired) electrons. The van der Waals surface area contributed by atoms with Gasteiger partial charge in [0.1, 0.15) is 0 Å². The number of hydrogen-bond donors (Lipinski definition) is 1. The Morgan fingerprint density at radius 1 is 1.30 bits per heavy atom. The van der Waals surface area contributed by atoms with Crippen molar-refractivity contribution in [3.05, 3.63) is 53.3 Å². The third-order valence-corrected chi connectivity index (χ3v) is 3.05. The fourth-order valence-corrected chi connectivity index (χ4v) is 1.94. The van der Waals surface area contributed by atoms with E-state index in [-0.39, 0.29) is 5.97 Å². The van der Waals surface area contributed by atoms with Crippen LogP contribution < -0.4 is 5.32 Å². The van der Waals surface area contributed by atoms with E-state index >= 15 is 0 Å². The molecule has 1 N–H and O–H groups in total. The van der Waals surface area contributed by atoms with Crippen LogP contribution in [-0.4, -0.2) is 29.4 Å². The first-order valence-corrected chi connectivity index (χ1v) is 6.54. The van der Waals surface area contributed by atoms with Crippen molar-refractivity contribution in [3.8, 4) is 0 Å². The summed E-state index contributed by atoms with van der Waals surface area (Å²) in [5.41, 5.74) is 2.94. The Morgan fingerprint density at radius 3 is 2.65 bits per heavy atom. The molecule has 0 aliphatic rings. The molecule has 0 saturated carbocycles. The first kappa shape index (κ1) is 14.3. The number of aryl methyl sites for hydroxylation is 1. The van der Waals surface area contributed by atoms with Crippen molar-refractivity contribution in [2.45, 2.75) is 13.0 Å². The summed E-state index contributed by atoms with van der Waals surface area (Å²) in [6, 6.07) is 7.43. The van der Waals surface area contributed by atoms with Crippen molar-refractivity contribution >= 4 is 5.97 Å². The average Bonchev–Trinajstić information content (AvgIpc) is 2.89. The number of ether oxygens (including phenoxy) is 1. The lowest BCUT2D eigenvalue weighted by Crippen LogP contribution is -2.16. The van der Waals surface area contributed by atoms with E-state index in [2.05, 4.69) is 15.2 Å². The smallest absolute Gasteiger partial charge is 0.337 e. The van der Waals surface area contributed by atoms with Crippen molar-refractivity contribution in [1.29, 1.82) is 0 Å². The van der Waals surface area contributed by atoms with Crippen LogP contribution in [0.3, 0.4) is 0 Å². The van der Waals surface area contributed by atoms with E-state index in [1.807, 2.05) is 31.6 Å². The zero-order valence-electron chi connectivity index (χ0n) is 11.8. The maximum atomic E-state index is 11.3. The Morgan fingerprint density at radius 2 is 2.05 bits per heavy atom. The van der Waals surface area contributed by atoms with Crippen molar-refractivity contribution < 1.29 is 9.53 Å². The second-order valence-corrected chi connectivity index (χ2v) is 4.64. The molecule has 106 valence electrons. The van der Waals surface area contributed by atoms with Gasteiger partial charge in [0.25, 0.3) is 0 Å². The normalized spacial score (nSPS) is 10.5. The van der Waals surface area contributed by atoms with Gasteiger partial charge in [-0.15, -0.1) is 0 Å². The fraction of sp³-hybridized carbons (Fsp3) is 0.333. The highest BCUT2D eigenvalue weighted by Gasteiger charge is 2.04. The van der Waals surface area contributed by atoms with Crippen LogP contribution in [0.2, 0.25) is 0 Å². The minimum absolute atomic E-state index is 0.305. The van der Waals surface area contributed by atoms with E-state index in [0.29, 0.717) is 5.56 Å². The number of benzene rings is 1. The largest absolute Gasteiger partial charge is 0.465 e. The first-order valence-electron chi connectivity index (χ1n) is 6.54. The molecule has 0 fully saturated rings. The predicted molar refractivity (Wildman–Crippen MR) is 76.4 cm³/mol. The Bertz CT molecular complexity index is 561. The maximum Gasteiger partial charge on any atom is 0.337 e. The molecule has 0 bridgehead atoms. The van der Waals surface area contributed by atoms with Gasteiger partial charge < -0.3 is 10.1 Å². The van der Waals surface area contributed by atoms with Crippen LogP contribution in [0, 0.1) is 0 Å². The number of nitrogens with one attached hydrogen (secondary N) is 1. The molecular formula is C15H19N3O2. The SMILES string of the molecule is COC(=O)c1ccc(CNCCc2cnn(C)c2)cc1. The Hall–Kier alpha value is -2.14. The second-order valence-electron chi connectivity index (χ2n) is 4.64. The number of esters is 1. The Kier molecular flexibility index (Phi) is 4.90. The van der Waals surface area contributed by atoms with Crippen LogP contribution in [0.15, 0.2) is 36.7 Å². The van der Waals surface area contributed by atoms with Gasteiger partial charge >= 0.3 is 5.97 Å². The number of methoxy groups -OCH3 is 1. The van der Waals surface area contributed by atoms with Gasteiger partial charge in [-0.25, -0.2) is 4.79 Å². The molecule has 1 aromatic carbocycles. The molecule has 0 unspecified atom stereocenters. The molecule has 2 rings (SSSR count). The third kappa shape index (κ3) is 3.93. The minimum atomic E-state index is -0.305. The molecule has 1 aromatic heterocycles. The standard InChI is InChI=1S/C15H19N3O2/c1-18-11-13(10-17-18)7-8-16-9-12-3-5-14(6-4-12)15(19)20-2/h3-6,10-11,16H,7-9H2,1-2H3. The summed E-state index contributed by atoms with van der Waals surface area (Å²) < 4.78 is 6.47. The molecular weight excluding hydrogens is 254 g/mol. The van der Waals surface area contributed by atoms with Gasteiger partial charge in [-0.3, -0.25) is 4.68 Å². The Balaban J connectivity index is 1.75. The van der Waals surface area contributed by atoms with E-state index < -0.39 is 0 Å². The van der Waals surface area contributed by atoms with Gasteiger partial charge in [0.2, 0.25) is 0 Å².